The number of aryl methyl sites for hydroxylation is 1. The molecule has 0 fully saturated rings. The van der Waals surface area contributed by atoms with Crippen LogP contribution in [0.5, 0.6) is 5.75 Å². The fraction of sp³-hybridized carbons (Fsp3) is 0.0870. The highest BCUT2D eigenvalue weighted by molar-refractivity contribution is 5.84. The molecule has 29 heavy (non-hydrogen) atoms. The Labute approximate surface area is 165 Å². The van der Waals surface area contributed by atoms with Gasteiger partial charge >= 0.3 is 6.18 Å². The summed E-state index contributed by atoms with van der Waals surface area (Å²) >= 11 is 0. The highest BCUT2D eigenvalue weighted by Gasteiger charge is 2.30. The van der Waals surface area contributed by atoms with Crippen LogP contribution in [0.2, 0.25) is 0 Å². The number of phenols is 1. The first-order valence-electron chi connectivity index (χ1n) is 8.85. The van der Waals surface area contributed by atoms with Gasteiger partial charge < -0.3 is 9.52 Å². The Morgan fingerprint density at radius 1 is 0.862 bits per heavy atom. The van der Waals surface area contributed by atoms with Gasteiger partial charge in [0.1, 0.15) is 17.7 Å². The van der Waals surface area contributed by atoms with Crippen molar-refractivity contribution in [3.63, 3.8) is 0 Å². The Hall–Kier alpha value is -3.54. The van der Waals surface area contributed by atoms with Crippen LogP contribution in [0.1, 0.15) is 11.1 Å². The minimum Gasteiger partial charge on any atom is -0.508 e. The summed E-state index contributed by atoms with van der Waals surface area (Å²) in [6.07, 6.45) is -2.96. The van der Waals surface area contributed by atoms with E-state index in [1.807, 2.05) is 43.3 Å². The number of benzene rings is 3. The molecule has 0 atom stereocenters. The molecule has 4 rings (SSSR count). The molecule has 0 bridgehead atoms. The second-order valence-electron chi connectivity index (χ2n) is 6.66. The summed E-state index contributed by atoms with van der Waals surface area (Å²) in [5.74, 6) is 0.326. The van der Waals surface area contributed by atoms with E-state index in [0.717, 1.165) is 28.8 Å². The zero-order valence-corrected chi connectivity index (χ0v) is 15.4. The van der Waals surface area contributed by atoms with Gasteiger partial charge in [-0.15, -0.1) is 0 Å². The predicted octanol–water partition coefficient (Wildman–Crippen LogP) is 6.71. The monoisotopic (exact) mass is 395 g/mol. The third-order valence-corrected chi connectivity index (χ3v) is 4.66. The van der Waals surface area contributed by atoms with Crippen molar-refractivity contribution >= 4 is 0 Å². The van der Waals surface area contributed by atoms with E-state index in [-0.39, 0.29) is 11.6 Å². The first-order valence-corrected chi connectivity index (χ1v) is 8.85. The lowest BCUT2D eigenvalue weighted by Crippen LogP contribution is -2.03. The summed E-state index contributed by atoms with van der Waals surface area (Å²) in [4.78, 5) is 4.44. The lowest BCUT2D eigenvalue weighted by molar-refractivity contribution is -0.137. The fourth-order valence-corrected chi connectivity index (χ4v) is 3.10. The summed E-state index contributed by atoms with van der Waals surface area (Å²) in [7, 11) is 0. The van der Waals surface area contributed by atoms with Crippen molar-refractivity contribution in [2.24, 2.45) is 0 Å². The van der Waals surface area contributed by atoms with Crippen LogP contribution in [-0.4, -0.2) is 10.1 Å². The summed E-state index contributed by atoms with van der Waals surface area (Å²) in [5.41, 5.74) is 3.39. The van der Waals surface area contributed by atoms with Gasteiger partial charge in [-0.25, -0.2) is 4.98 Å². The van der Waals surface area contributed by atoms with Crippen LogP contribution in [0.15, 0.2) is 77.4 Å². The van der Waals surface area contributed by atoms with Gasteiger partial charge in [0, 0.05) is 11.1 Å². The Balaban J connectivity index is 1.76. The van der Waals surface area contributed by atoms with Crippen molar-refractivity contribution in [3.8, 4) is 39.6 Å². The number of hydrogen-bond acceptors (Lipinski definition) is 3. The lowest BCUT2D eigenvalue weighted by atomic mass is 9.95. The van der Waals surface area contributed by atoms with Gasteiger partial charge in [-0.2, -0.15) is 13.2 Å². The Kier molecular flexibility index (Phi) is 4.62. The average molecular weight is 395 g/mol. The van der Waals surface area contributed by atoms with Crippen molar-refractivity contribution in [1.82, 2.24) is 4.98 Å². The van der Waals surface area contributed by atoms with E-state index in [1.54, 1.807) is 6.07 Å². The fourth-order valence-electron chi connectivity index (χ4n) is 3.10. The predicted molar refractivity (Wildman–Crippen MR) is 104 cm³/mol. The minimum atomic E-state index is -4.40. The molecule has 6 heteroatoms. The molecule has 3 aromatic carbocycles. The van der Waals surface area contributed by atoms with Crippen LogP contribution in [0, 0.1) is 6.92 Å². The van der Waals surface area contributed by atoms with Gasteiger partial charge in [-0.1, -0.05) is 30.3 Å². The van der Waals surface area contributed by atoms with Crippen molar-refractivity contribution in [1.29, 1.82) is 0 Å². The quantitative estimate of drug-likeness (QED) is 0.419. The van der Waals surface area contributed by atoms with Crippen LogP contribution in [-0.2, 0) is 6.18 Å². The molecule has 0 aliphatic rings. The van der Waals surface area contributed by atoms with Crippen LogP contribution >= 0.6 is 0 Å². The Morgan fingerprint density at radius 2 is 1.55 bits per heavy atom. The van der Waals surface area contributed by atoms with Gasteiger partial charge in [0.2, 0.25) is 5.89 Å². The van der Waals surface area contributed by atoms with Crippen LogP contribution in [0.4, 0.5) is 13.2 Å². The van der Waals surface area contributed by atoms with Gasteiger partial charge in [-0.3, -0.25) is 0 Å². The number of aromatic hydroxyl groups is 1. The molecule has 3 nitrogen and oxygen atoms in total. The molecule has 0 amide bonds. The number of alkyl halides is 3. The third-order valence-electron chi connectivity index (χ3n) is 4.66. The third kappa shape index (κ3) is 3.74. The van der Waals surface area contributed by atoms with Gasteiger partial charge in [0.25, 0.3) is 0 Å². The van der Waals surface area contributed by atoms with Crippen molar-refractivity contribution in [3.05, 3.63) is 84.1 Å². The van der Waals surface area contributed by atoms with Gasteiger partial charge in [0.05, 0.1) is 5.56 Å². The molecule has 146 valence electrons. The smallest absolute Gasteiger partial charge is 0.416 e. The average Bonchev–Trinajstić information content (AvgIpc) is 3.20. The van der Waals surface area contributed by atoms with Gasteiger partial charge in [-0.05, 0) is 60.0 Å². The Morgan fingerprint density at radius 3 is 2.21 bits per heavy atom. The van der Waals surface area contributed by atoms with E-state index in [0.29, 0.717) is 16.8 Å². The number of nitrogens with zero attached hydrogens (tertiary/aromatic N) is 1. The molecule has 1 heterocycles. The number of phenolic OH excluding ortho intramolecular Hbond substituents is 1. The molecule has 0 unspecified atom stereocenters. The summed E-state index contributed by atoms with van der Waals surface area (Å²) in [6, 6.07) is 17.8. The zero-order valence-electron chi connectivity index (χ0n) is 15.4. The highest BCUT2D eigenvalue weighted by atomic mass is 19.4. The topological polar surface area (TPSA) is 46.3 Å². The highest BCUT2D eigenvalue weighted by Crippen LogP contribution is 2.37. The van der Waals surface area contributed by atoms with Crippen molar-refractivity contribution < 1.29 is 22.7 Å². The van der Waals surface area contributed by atoms with Crippen LogP contribution in [0.25, 0.3) is 33.8 Å². The molecule has 4 aromatic rings. The van der Waals surface area contributed by atoms with Crippen LogP contribution < -0.4 is 0 Å². The summed E-state index contributed by atoms with van der Waals surface area (Å²) in [6.45, 7) is 1.81. The van der Waals surface area contributed by atoms with E-state index in [1.165, 1.54) is 18.4 Å². The maximum absolute atomic E-state index is 12.8. The molecule has 0 saturated heterocycles. The summed E-state index contributed by atoms with van der Waals surface area (Å²) < 4.78 is 43.8. The molecule has 1 N–H and O–H groups in total. The maximum Gasteiger partial charge on any atom is 0.416 e. The molecular weight excluding hydrogens is 379 g/mol. The van der Waals surface area contributed by atoms with E-state index < -0.39 is 11.7 Å². The minimum absolute atomic E-state index is 0.124. The molecule has 1 aromatic heterocycles. The second-order valence-corrected chi connectivity index (χ2v) is 6.66. The Bertz CT molecular complexity index is 1150. The summed E-state index contributed by atoms with van der Waals surface area (Å²) in [5, 5.41) is 10.2. The molecule has 0 spiro atoms. The number of halogens is 3. The number of hydrogen-bond donors (Lipinski definition) is 1. The second kappa shape index (κ2) is 7.13. The molecule has 0 saturated carbocycles. The van der Waals surface area contributed by atoms with Gasteiger partial charge in [0.15, 0.2) is 0 Å². The largest absolute Gasteiger partial charge is 0.508 e. The SMILES string of the molecule is Cc1cc(-c2ccccc2)c(-c2coc(-c3ccc(C(F)(F)F)cc3)n2)cc1O. The first-order chi connectivity index (χ1) is 13.8. The normalized spacial score (nSPS) is 11.6. The van der Waals surface area contributed by atoms with Crippen molar-refractivity contribution in [2.45, 2.75) is 13.1 Å². The molecule has 0 radical (unpaired) electrons. The number of aromatic nitrogens is 1. The van der Waals surface area contributed by atoms with E-state index >= 15 is 0 Å². The van der Waals surface area contributed by atoms with E-state index in [2.05, 4.69) is 4.98 Å². The lowest BCUT2D eigenvalue weighted by Gasteiger charge is -2.10. The standard InChI is InChI=1S/C23H16F3NO2/c1-14-11-18(15-5-3-2-4-6-15)19(12-21(14)28)20-13-29-22(27-20)16-7-9-17(10-8-16)23(24,25)26/h2-13,28H,1H3. The maximum atomic E-state index is 12.8. The first kappa shape index (κ1) is 18.8. The zero-order chi connectivity index (χ0) is 20.6. The number of rotatable bonds is 3. The molecular formula is C23H16F3NO2. The molecule has 0 aliphatic heterocycles. The van der Waals surface area contributed by atoms with E-state index in [9.17, 15) is 18.3 Å². The number of oxazole rings is 1. The van der Waals surface area contributed by atoms with E-state index in [4.69, 9.17) is 4.42 Å². The van der Waals surface area contributed by atoms with Crippen molar-refractivity contribution in [2.75, 3.05) is 0 Å². The molecule has 0 aliphatic carbocycles. The van der Waals surface area contributed by atoms with Crippen LogP contribution in [0.3, 0.4) is 0 Å².